The first-order valence-corrected chi connectivity index (χ1v) is 6.41. The molecule has 0 aromatic carbocycles. The molecule has 14 heavy (non-hydrogen) atoms. The predicted molar refractivity (Wildman–Crippen MR) is 66.2 cm³/mol. The average Bonchev–Trinajstić information content (AvgIpc) is 2.15. The zero-order chi connectivity index (χ0) is 11.0. The Bertz CT molecular complexity index is 115. The van der Waals surface area contributed by atoms with E-state index in [4.69, 9.17) is 0 Å². The highest BCUT2D eigenvalue weighted by atomic mass is 14.1. The van der Waals surface area contributed by atoms with Gasteiger partial charge < -0.3 is 0 Å². The molecule has 0 bridgehead atoms. The standard InChI is InChI=1S/C14H29/c1-6-13(4)14(5)11-9-7-8-10-12(2)3/h12-14H,4,6-11H2,1-3,5H3. The van der Waals surface area contributed by atoms with E-state index in [9.17, 15) is 0 Å². The molecule has 2 atom stereocenters. The SMILES string of the molecule is [CH2]C(CC)C(C)CCCCCC(C)C. The van der Waals surface area contributed by atoms with Gasteiger partial charge >= 0.3 is 0 Å². The second-order valence-corrected chi connectivity index (χ2v) is 5.18. The van der Waals surface area contributed by atoms with E-state index in [2.05, 4.69) is 34.6 Å². The molecule has 0 N–H and O–H groups in total. The van der Waals surface area contributed by atoms with Gasteiger partial charge in [-0.25, -0.2) is 0 Å². The molecular weight excluding hydrogens is 168 g/mol. The highest BCUT2D eigenvalue weighted by Crippen LogP contribution is 2.21. The maximum absolute atomic E-state index is 4.18. The Labute approximate surface area is 91.5 Å². The van der Waals surface area contributed by atoms with Gasteiger partial charge in [0.25, 0.3) is 0 Å². The Hall–Kier alpha value is 0. The van der Waals surface area contributed by atoms with Crippen molar-refractivity contribution in [2.75, 3.05) is 0 Å². The smallest absolute Gasteiger partial charge is 0.0391 e. The molecule has 0 nitrogen and oxygen atoms in total. The average molecular weight is 197 g/mol. The molecule has 0 aliphatic rings. The summed E-state index contributed by atoms with van der Waals surface area (Å²) >= 11 is 0. The quantitative estimate of drug-likeness (QED) is 0.475. The van der Waals surface area contributed by atoms with Gasteiger partial charge in [0.1, 0.15) is 0 Å². The van der Waals surface area contributed by atoms with Crippen molar-refractivity contribution in [1.29, 1.82) is 0 Å². The van der Waals surface area contributed by atoms with Crippen LogP contribution in [0.25, 0.3) is 0 Å². The summed E-state index contributed by atoms with van der Waals surface area (Å²) in [6.07, 6.45) is 8.24. The van der Waals surface area contributed by atoms with Crippen molar-refractivity contribution in [3.63, 3.8) is 0 Å². The normalized spacial score (nSPS) is 15.9. The molecule has 0 saturated heterocycles. The molecule has 1 radical (unpaired) electrons. The van der Waals surface area contributed by atoms with E-state index in [0.29, 0.717) is 5.92 Å². The van der Waals surface area contributed by atoms with Crippen LogP contribution in [0.4, 0.5) is 0 Å². The Kier molecular flexibility index (Phi) is 8.32. The van der Waals surface area contributed by atoms with Crippen LogP contribution in [-0.2, 0) is 0 Å². The monoisotopic (exact) mass is 197 g/mol. The van der Waals surface area contributed by atoms with Gasteiger partial charge in [0.2, 0.25) is 0 Å². The lowest BCUT2D eigenvalue weighted by atomic mass is 9.89. The van der Waals surface area contributed by atoms with Crippen molar-refractivity contribution >= 4 is 0 Å². The van der Waals surface area contributed by atoms with Gasteiger partial charge in [-0.3, -0.25) is 0 Å². The van der Waals surface area contributed by atoms with Crippen molar-refractivity contribution in [3.8, 4) is 0 Å². The second-order valence-electron chi connectivity index (χ2n) is 5.18. The van der Waals surface area contributed by atoms with Gasteiger partial charge in [0.05, 0.1) is 0 Å². The fourth-order valence-electron chi connectivity index (χ4n) is 1.83. The van der Waals surface area contributed by atoms with Crippen molar-refractivity contribution in [2.45, 2.75) is 66.2 Å². The minimum absolute atomic E-state index is 0.667. The Balaban J connectivity index is 3.27. The third-order valence-corrected chi connectivity index (χ3v) is 3.27. The lowest BCUT2D eigenvalue weighted by Crippen LogP contribution is -2.06. The Morgan fingerprint density at radius 2 is 1.50 bits per heavy atom. The molecule has 0 amide bonds. The van der Waals surface area contributed by atoms with Crippen LogP contribution in [0.5, 0.6) is 0 Å². The van der Waals surface area contributed by atoms with Crippen molar-refractivity contribution in [2.24, 2.45) is 17.8 Å². The molecule has 0 fully saturated rings. The van der Waals surface area contributed by atoms with E-state index in [-0.39, 0.29) is 0 Å². The zero-order valence-corrected chi connectivity index (χ0v) is 10.7. The molecule has 0 heterocycles. The van der Waals surface area contributed by atoms with Crippen molar-refractivity contribution in [3.05, 3.63) is 6.92 Å². The van der Waals surface area contributed by atoms with E-state index in [0.717, 1.165) is 11.8 Å². The first-order valence-electron chi connectivity index (χ1n) is 6.41. The molecule has 0 aliphatic carbocycles. The van der Waals surface area contributed by atoms with Gasteiger partial charge in [-0.1, -0.05) is 66.2 Å². The van der Waals surface area contributed by atoms with Crippen LogP contribution in [0.1, 0.15) is 66.2 Å². The number of unbranched alkanes of at least 4 members (excludes halogenated alkanes) is 2. The summed E-state index contributed by atoms with van der Waals surface area (Å²) in [6.45, 7) is 13.4. The topological polar surface area (TPSA) is 0 Å². The van der Waals surface area contributed by atoms with Crippen LogP contribution >= 0.6 is 0 Å². The molecule has 0 saturated carbocycles. The number of hydrogen-bond acceptors (Lipinski definition) is 0. The molecule has 0 aromatic rings. The van der Waals surface area contributed by atoms with Gasteiger partial charge in [-0.05, 0) is 24.7 Å². The van der Waals surface area contributed by atoms with E-state index < -0.39 is 0 Å². The zero-order valence-electron chi connectivity index (χ0n) is 10.7. The van der Waals surface area contributed by atoms with E-state index in [1.807, 2.05) is 0 Å². The minimum atomic E-state index is 0.667. The number of hydrogen-bond donors (Lipinski definition) is 0. The number of rotatable bonds is 8. The molecule has 0 aliphatic heterocycles. The third-order valence-electron chi connectivity index (χ3n) is 3.27. The molecule has 2 unspecified atom stereocenters. The summed E-state index contributed by atoms with van der Waals surface area (Å²) in [5.41, 5.74) is 0. The highest BCUT2D eigenvalue weighted by Gasteiger charge is 2.09. The fraction of sp³-hybridized carbons (Fsp3) is 0.929. The first-order chi connectivity index (χ1) is 6.57. The molecule has 0 rings (SSSR count). The minimum Gasteiger partial charge on any atom is -0.0651 e. The van der Waals surface area contributed by atoms with Gasteiger partial charge in [0, 0.05) is 0 Å². The van der Waals surface area contributed by atoms with E-state index >= 15 is 0 Å². The van der Waals surface area contributed by atoms with E-state index in [1.54, 1.807) is 0 Å². The van der Waals surface area contributed by atoms with Crippen LogP contribution in [0.2, 0.25) is 0 Å². The Morgan fingerprint density at radius 1 is 0.929 bits per heavy atom. The third kappa shape index (κ3) is 7.41. The largest absolute Gasteiger partial charge is 0.0651 e. The van der Waals surface area contributed by atoms with Gasteiger partial charge in [0.15, 0.2) is 0 Å². The van der Waals surface area contributed by atoms with Gasteiger partial charge in [-0.2, -0.15) is 0 Å². The lowest BCUT2D eigenvalue weighted by molar-refractivity contribution is 0.369. The summed E-state index contributed by atoms with van der Waals surface area (Å²) in [5.74, 6) is 2.36. The predicted octanol–water partition coefficient (Wildman–Crippen LogP) is 5.09. The summed E-state index contributed by atoms with van der Waals surface area (Å²) in [4.78, 5) is 0. The fourth-order valence-corrected chi connectivity index (χ4v) is 1.83. The second kappa shape index (κ2) is 8.32. The van der Waals surface area contributed by atoms with Crippen molar-refractivity contribution in [1.82, 2.24) is 0 Å². The molecule has 0 spiro atoms. The van der Waals surface area contributed by atoms with E-state index in [1.165, 1.54) is 38.5 Å². The molecular formula is C14H29. The van der Waals surface area contributed by atoms with Crippen LogP contribution in [0, 0.1) is 24.7 Å². The maximum atomic E-state index is 4.18. The Morgan fingerprint density at radius 3 is 2.00 bits per heavy atom. The molecule has 0 heteroatoms. The summed E-state index contributed by atoms with van der Waals surface area (Å²) < 4.78 is 0. The first kappa shape index (κ1) is 14.0. The van der Waals surface area contributed by atoms with Crippen molar-refractivity contribution < 1.29 is 0 Å². The molecule has 85 valence electrons. The summed E-state index contributed by atoms with van der Waals surface area (Å²) in [7, 11) is 0. The van der Waals surface area contributed by atoms with Gasteiger partial charge in [-0.15, -0.1) is 0 Å². The van der Waals surface area contributed by atoms with Crippen LogP contribution in [0.3, 0.4) is 0 Å². The van der Waals surface area contributed by atoms with Crippen LogP contribution in [0.15, 0.2) is 0 Å². The maximum Gasteiger partial charge on any atom is -0.0391 e. The summed E-state index contributed by atoms with van der Waals surface area (Å²) in [6, 6.07) is 0. The summed E-state index contributed by atoms with van der Waals surface area (Å²) in [5, 5.41) is 0. The molecule has 0 aromatic heterocycles. The van der Waals surface area contributed by atoms with Crippen LogP contribution in [-0.4, -0.2) is 0 Å². The van der Waals surface area contributed by atoms with Crippen LogP contribution < -0.4 is 0 Å². The highest BCUT2D eigenvalue weighted by molar-refractivity contribution is 4.66. The lowest BCUT2D eigenvalue weighted by Gasteiger charge is -2.17.